The number of aryl methyl sites for hydroxylation is 2. The normalized spacial score (nSPS) is 11.5. The third-order valence-corrected chi connectivity index (χ3v) is 4.19. The molecule has 0 bridgehead atoms. The van der Waals surface area contributed by atoms with Crippen LogP contribution in [0.5, 0.6) is 5.75 Å². The van der Waals surface area contributed by atoms with E-state index in [1.54, 1.807) is 6.08 Å². The molecule has 0 aliphatic heterocycles. The van der Waals surface area contributed by atoms with Crippen LogP contribution in [0.3, 0.4) is 0 Å². The summed E-state index contributed by atoms with van der Waals surface area (Å²) in [5.74, 6) is 0.786. The first-order valence-corrected chi connectivity index (χ1v) is 8.92. The number of benzene rings is 2. The van der Waals surface area contributed by atoms with Gasteiger partial charge in [-0.3, -0.25) is 0 Å². The van der Waals surface area contributed by atoms with E-state index >= 15 is 0 Å². The minimum absolute atomic E-state index is 0.181. The minimum atomic E-state index is 0.181. The fraction of sp³-hybridized carbons (Fsp3) is 0.286. The first-order valence-electron chi connectivity index (χ1n) is 8.52. The van der Waals surface area contributed by atoms with Crippen molar-refractivity contribution in [2.24, 2.45) is 0 Å². The van der Waals surface area contributed by atoms with E-state index < -0.39 is 0 Å². The summed E-state index contributed by atoms with van der Waals surface area (Å²) in [7, 11) is 0. The molecule has 2 rings (SSSR count). The van der Waals surface area contributed by atoms with Crippen molar-refractivity contribution < 1.29 is 4.74 Å². The van der Waals surface area contributed by atoms with Crippen molar-refractivity contribution in [3.8, 4) is 5.75 Å². The number of ether oxygens (including phenoxy) is 1. The zero-order valence-electron chi connectivity index (χ0n) is 15.1. The van der Waals surface area contributed by atoms with Gasteiger partial charge in [-0.05, 0) is 55.7 Å². The van der Waals surface area contributed by atoms with Gasteiger partial charge in [-0.25, -0.2) is 0 Å². The zero-order chi connectivity index (χ0) is 18.2. The summed E-state index contributed by atoms with van der Waals surface area (Å²) in [5.41, 5.74) is 4.73. The summed E-state index contributed by atoms with van der Waals surface area (Å²) in [6, 6.07) is 14.4. The van der Waals surface area contributed by atoms with Crippen molar-refractivity contribution in [2.45, 2.75) is 33.2 Å². The van der Waals surface area contributed by atoms with Crippen LogP contribution in [0.15, 0.2) is 55.1 Å². The quantitative estimate of drug-likeness (QED) is 0.522. The molecule has 0 heterocycles. The van der Waals surface area contributed by atoms with Crippen LogP contribution in [0, 0.1) is 13.8 Å². The van der Waals surface area contributed by atoms with Crippen molar-refractivity contribution in [3.05, 3.63) is 71.8 Å². The highest BCUT2D eigenvalue weighted by atomic mass is 32.1. The van der Waals surface area contributed by atoms with E-state index in [1.165, 1.54) is 16.7 Å². The number of hydrogen-bond acceptors (Lipinski definition) is 2. The molecule has 2 N–H and O–H groups in total. The predicted molar refractivity (Wildman–Crippen MR) is 110 cm³/mol. The maximum Gasteiger partial charge on any atom is 0.171 e. The van der Waals surface area contributed by atoms with Crippen LogP contribution < -0.4 is 15.4 Å². The van der Waals surface area contributed by atoms with E-state index in [0.717, 1.165) is 17.9 Å². The largest absolute Gasteiger partial charge is 0.489 e. The van der Waals surface area contributed by atoms with Gasteiger partial charge in [0.05, 0.1) is 6.04 Å². The van der Waals surface area contributed by atoms with Gasteiger partial charge in [0, 0.05) is 11.8 Å². The minimum Gasteiger partial charge on any atom is -0.489 e. The molecular formula is C21H26N2OS. The summed E-state index contributed by atoms with van der Waals surface area (Å²) < 4.78 is 5.55. The van der Waals surface area contributed by atoms with Gasteiger partial charge in [0.2, 0.25) is 0 Å². The van der Waals surface area contributed by atoms with Crippen molar-refractivity contribution in [1.29, 1.82) is 0 Å². The summed E-state index contributed by atoms with van der Waals surface area (Å²) in [5, 5.41) is 7.26. The number of anilines is 1. The van der Waals surface area contributed by atoms with E-state index in [-0.39, 0.29) is 6.04 Å². The molecule has 0 aromatic heterocycles. The van der Waals surface area contributed by atoms with Gasteiger partial charge in [-0.15, -0.1) is 0 Å². The highest BCUT2D eigenvalue weighted by Crippen LogP contribution is 2.22. The Labute approximate surface area is 156 Å². The molecule has 1 atom stereocenters. The van der Waals surface area contributed by atoms with Crippen LogP contribution in [-0.4, -0.2) is 11.7 Å². The third kappa shape index (κ3) is 5.61. The summed E-state index contributed by atoms with van der Waals surface area (Å²) in [6.45, 7) is 10.5. The van der Waals surface area contributed by atoms with Crippen molar-refractivity contribution >= 4 is 23.0 Å². The molecule has 4 heteroatoms. The van der Waals surface area contributed by atoms with Gasteiger partial charge in [0.15, 0.2) is 5.11 Å². The molecule has 0 amide bonds. The average molecular weight is 355 g/mol. The fourth-order valence-corrected chi connectivity index (χ4v) is 3.02. The molecule has 2 aromatic rings. The Morgan fingerprint density at radius 2 is 2.04 bits per heavy atom. The van der Waals surface area contributed by atoms with Gasteiger partial charge in [0.25, 0.3) is 0 Å². The van der Waals surface area contributed by atoms with Crippen molar-refractivity contribution in [1.82, 2.24) is 5.32 Å². The topological polar surface area (TPSA) is 33.3 Å². The SMILES string of the molecule is C=CCOc1cccc(NC(=S)NC(CC)c2ccc(C)cc2C)c1. The molecule has 0 spiro atoms. The summed E-state index contributed by atoms with van der Waals surface area (Å²) in [4.78, 5) is 0. The van der Waals surface area contributed by atoms with E-state index in [1.807, 2.05) is 24.3 Å². The second-order valence-electron chi connectivity index (χ2n) is 6.05. The van der Waals surface area contributed by atoms with E-state index in [4.69, 9.17) is 17.0 Å². The van der Waals surface area contributed by atoms with Gasteiger partial charge < -0.3 is 15.4 Å². The highest BCUT2D eigenvalue weighted by Gasteiger charge is 2.13. The molecule has 1 unspecified atom stereocenters. The zero-order valence-corrected chi connectivity index (χ0v) is 16.0. The monoisotopic (exact) mass is 354 g/mol. The highest BCUT2D eigenvalue weighted by molar-refractivity contribution is 7.80. The molecular weight excluding hydrogens is 328 g/mol. The molecule has 0 saturated heterocycles. The Morgan fingerprint density at radius 1 is 1.24 bits per heavy atom. The number of thiocarbonyl (C=S) groups is 1. The summed E-state index contributed by atoms with van der Waals surface area (Å²) >= 11 is 5.50. The molecule has 2 aromatic carbocycles. The molecule has 3 nitrogen and oxygen atoms in total. The maximum absolute atomic E-state index is 5.55. The third-order valence-electron chi connectivity index (χ3n) is 3.97. The van der Waals surface area contributed by atoms with E-state index in [9.17, 15) is 0 Å². The van der Waals surface area contributed by atoms with Gasteiger partial charge in [-0.1, -0.05) is 49.4 Å². The standard InChI is InChI=1S/C21H26N2OS/c1-5-12-24-18-9-7-8-17(14-18)22-21(25)23-20(6-2)19-11-10-15(3)13-16(19)4/h5,7-11,13-14,20H,1,6,12H2,2-4H3,(H2,22,23,25). The van der Waals surface area contributed by atoms with Gasteiger partial charge in [0.1, 0.15) is 12.4 Å². The second-order valence-corrected chi connectivity index (χ2v) is 6.46. The lowest BCUT2D eigenvalue weighted by Crippen LogP contribution is -2.32. The first kappa shape index (κ1) is 19.0. The van der Waals surface area contributed by atoms with Crippen molar-refractivity contribution in [2.75, 3.05) is 11.9 Å². The van der Waals surface area contributed by atoms with Crippen LogP contribution in [0.1, 0.15) is 36.1 Å². The lowest BCUT2D eigenvalue weighted by atomic mass is 9.98. The Balaban J connectivity index is 2.03. The Kier molecular flexibility index (Phi) is 7.02. The summed E-state index contributed by atoms with van der Waals surface area (Å²) in [6.07, 6.45) is 2.68. The number of nitrogens with one attached hydrogen (secondary N) is 2. The van der Waals surface area contributed by atoms with Crippen LogP contribution in [0.2, 0.25) is 0 Å². The van der Waals surface area contributed by atoms with Crippen LogP contribution in [0.4, 0.5) is 5.69 Å². The molecule has 25 heavy (non-hydrogen) atoms. The predicted octanol–water partition coefficient (Wildman–Crippen LogP) is 5.31. The van der Waals surface area contributed by atoms with Gasteiger partial charge >= 0.3 is 0 Å². The fourth-order valence-electron chi connectivity index (χ4n) is 2.76. The Hall–Kier alpha value is -2.33. The van der Waals surface area contributed by atoms with Crippen molar-refractivity contribution in [3.63, 3.8) is 0 Å². The number of hydrogen-bond donors (Lipinski definition) is 2. The smallest absolute Gasteiger partial charge is 0.171 e. The first-order chi connectivity index (χ1) is 12.0. The van der Waals surface area contributed by atoms with Crippen LogP contribution in [0.25, 0.3) is 0 Å². The maximum atomic E-state index is 5.55. The molecule has 0 saturated carbocycles. The lowest BCUT2D eigenvalue weighted by Gasteiger charge is -2.22. The second kappa shape index (κ2) is 9.23. The Morgan fingerprint density at radius 3 is 2.72 bits per heavy atom. The molecule has 132 valence electrons. The molecule has 0 aliphatic carbocycles. The van der Waals surface area contributed by atoms with Crippen LogP contribution in [-0.2, 0) is 0 Å². The van der Waals surface area contributed by atoms with Gasteiger partial charge in [-0.2, -0.15) is 0 Å². The number of rotatable bonds is 7. The van der Waals surface area contributed by atoms with E-state index in [2.05, 4.69) is 56.2 Å². The lowest BCUT2D eigenvalue weighted by molar-refractivity contribution is 0.363. The average Bonchev–Trinajstić information content (AvgIpc) is 2.58. The molecule has 0 aliphatic rings. The molecule has 0 radical (unpaired) electrons. The molecule has 0 fully saturated rings. The van der Waals surface area contributed by atoms with E-state index in [0.29, 0.717) is 11.7 Å². The Bertz CT molecular complexity index is 742. The van der Waals surface area contributed by atoms with Crippen LogP contribution >= 0.6 is 12.2 Å².